The Hall–Kier alpha value is -2.14. The number of nitrogens with zero attached hydrogens (tertiary/aromatic N) is 2. The standard InChI is InChI=1S/C15H20N4O/c1-19(2)9-8-14(12-6-4-3-5-7-12)18-15(20)13-10-16-17-11-13/h3-7,10-11,14H,8-9H2,1-2H3,(H,16,17)(H,18,20)/t14-/m0/s1. The van der Waals surface area contributed by atoms with Crippen LogP contribution in [0.4, 0.5) is 0 Å². The van der Waals surface area contributed by atoms with Crippen molar-refractivity contribution in [2.45, 2.75) is 12.5 Å². The third kappa shape index (κ3) is 3.93. The lowest BCUT2D eigenvalue weighted by Gasteiger charge is -2.21. The first kappa shape index (κ1) is 14.3. The van der Waals surface area contributed by atoms with Crippen LogP contribution >= 0.6 is 0 Å². The molecule has 106 valence electrons. The van der Waals surface area contributed by atoms with Gasteiger partial charge < -0.3 is 10.2 Å². The first-order valence-corrected chi connectivity index (χ1v) is 6.66. The van der Waals surface area contributed by atoms with E-state index in [0.717, 1.165) is 18.5 Å². The Bertz CT molecular complexity index is 522. The van der Waals surface area contributed by atoms with Crippen LogP contribution in [0.25, 0.3) is 0 Å². The fourth-order valence-electron chi connectivity index (χ4n) is 2.01. The van der Waals surface area contributed by atoms with E-state index in [1.807, 2.05) is 44.4 Å². The second-order valence-electron chi connectivity index (χ2n) is 5.02. The molecule has 2 aromatic rings. The highest BCUT2D eigenvalue weighted by molar-refractivity contribution is 5.93. The summed E-state index contributed by atoms with van der Waals surface area (Å²) in [6.45, 7) is 0.908. The van der Waals surface area contributed by atoms with Crippen molar-refractivity contribution in [2.24, 2.45) is 0 Å². The van der Waals surface area contributed by atoms with E-state index in [1.165, 1.54) is 6.20 Å². The van der Waals surface area contributed by atoms with Gasteiger partial charge in [0.1, 0.15) is 0 Å². The predicted molar refractivity (Wildman–Crippen MR) is 78.4 cm³/mol. The number of amides is 1. The quantitative estimate of drug-likeness (QED) is 0.843. The maximum absolute atomic E-state index is 12.1. The summed E-state index contributed by atoms with van der Waals surface area (Å²) in [6, 6.07) is 10.0. The molecule has 0 fully saturated rings. The van der Waals surface area contributed by atoms with Crippen molar-refractivity contribution >= 4 is 5.91 Å². The Morgan fingerprint density at radius 2 is 2.10 bits per heavy atom. The summed E-state index contributed by atoms with van der Waals surface area (Å²) in [5.74, 6) is -0.105. The van der Waals surface area contributed by atoms with Gasteiger partial charge in [0.05, 0.1) is 17.8 Å². The highest BCUT2D eigenvalue weighted by Crippen LogP contribution is 2.17. The maximum atomic E-state index is 12.1. The molecule has 1 aromatic carbocycles. The lowest BCUT2D eigenvalue weighted by Crippen LogP contribution is -2.30. The average molecular weight is 272 g/mol. The molecule has 1 amide bonds. The number of H-pyrrole nitrogens is 1. The summed E-state index contributed by atoms with van der Waals surface area (Å²) in [7, 11) is 4.06. The molecule has 0 saturated heterocycles. The zero-order valence-corrected chi connectivity index (χ0v) is 11.8. The van der Waals surface area contributed by atoms with Gasteiger partial charge >= 0.3 is 0 Å². The van der Waals surface area contributed by atoms with E-state index < -0.39 is 0 Å². The van der Waals surface area contributed by atoms with Crippen molar-refractivity contribution in [3.8, 4) is 0 Å². The van der Waals surface area contributed by atoms with E-state index in [4.69, 9.17) is 0 Å². The van der Waals surface area contributed by atoms with Gasteiger partial charge in [-0.1, -0.05) is 30.3 Å². The Morgan fingerprint density at radius 1 is 1.35 bits per heavy atom. The van der Waals surface area contributed by atoms with Crippen LogP contribution in [0, 0.1) is 0 Å². The largest absolute Gasteiger partial charge is 0.345 e. The number of aromatic nitrogens is 2. The third-order valence-corrected chi connectivity index (χ3v) is 3.13. The zero-order valence-electron chi connectivity index (χ0n) is 11.8. The molecule has 2 N–H and O–H groups in total. The topological polar surface area (TPSA) is 61.0 Å². The van der Waals surface area contributed by atoms with Crippen LogP contribution in [0.5, 0.6) is 0 Å². The molecule has 5 nitrogen and oxygen atoms in total. The minimum Gasteiger partial charge on any atom is -0.345 e. The summed E-state index contributed by atoms with van der Waals surface area (Å²) < 4.78 is 0. The number of hydrogen-bond donors (Lipinski definition) is 2. The monoisotopic (exact) mass is 272 g/mol. The Balaban J connectivity index is 2.08. The van der Waals surface area contributed by atoms with Gasteiger partial charge in [0, 0.05) is 6.20 Å². The lowest BCUT2D eigenvalue weighted by molar-refractivity contribution is 0.0933. The number of hydrogen-bond acceptors (Lipinski definition) is 3. The highest BCUT2D eigenvalue weighted by atomic mass is 16.1. The zero-order chi connectivity index (χ0) is 14.4. The van der Waals surface area contributed by atoms with Gasteiger partial charge in [-0.05, 0) is 32.6 Å². The van der Waals surface area contributed by atoms with Crippen LogP contribution in [-0.2, 0) is 0 Å². The number of nitrogens with one attached hydrogen (secondary N) is 2. The molecular formula is C15H20N4O. The van der Waals surface area contributed by atoms with Crippen molar-refractivity contribution in [2.75, 3.05) is 20.6 Å². The fraction of sp³-hybridized carbons (Fsp3) is 0.333. The van der Waals surface area contributed by atoms with Crippen LogP contribution in [-0.4, -0.2) is 41.6 Å². The number of aromatic amines is 1. The molecule has 0 unspecified atom stereocenters. The minimum atomic E-state index is -0.105. The molecule has 0 bridgehead atoms. The molecule has 1 aromatic heterocycles. The summed E-state index contributed by atoms with van der Waals surface area (Å²) >= 11 is 0. The second kappa shape index (κ2) is 6.86. The highest BCUT2D eigenvalue weighted by Gasteiger charge is 2.16. The molecule has 0 aliphatic carbocycles. The van der Waals surface area contributed by atoms with E-state index in [-0.39, 0.29) is 11.9 Å². The number of carbonyl (C=O) groups excluding carboxylic acids is 1. The van der Waals surface area contributed by atoms with Gasteiger partial charge in [-0.25, -0.2) is 0 Å². The van der Waals surface area contributed by atoms with E-state index in [0.29, 0.717) is 5.56 Å². The summed E-state index contributed by atoms with van der Waals surface area (Å²) in [4.78, 5) is 14.3. The van der Waals surface area contributed by atoms with Gasteiger partial charge in [0.2, 0.25) is 0 Å². The van der Waals surface area contributed by atoms with Gasteiger partial charge in [-0.15, -0.1) is 0 Å². The summed E-state index contributed by atoms with van der Waals surface area (Å²) in [6.07, 6.45) is 3.99. The van der Waals surface area contributed by atoms with Gasteiger partial charge in [0.15, 0.2) is 0 Å². The molecule has 1 heterocycles. The van der Waals surface area contributed by atoms with Crippen molar-refractivity contribution < 1.29 is 4.79 Å². The summed E-state index contributed by atoms with van der Waals surface area (Å²) in [5, 5.41) is 9.52. The molecule has 1 atom stereocenters. The van der Waals surface area contributed by atoms with Gasteiger partial charge in [-0.3, -0.25) is 9.89 Å². The Morgan fingerprint density at radius 3 is 2.70 bits per heavy atom. The number of carbonyl (C=O) groups is 1. The van der Waals surface area contributed by atoms with Crippen LogP contribution in [0.15, 0.2) is 42.7 Å². The van der Waals surface area contributed by atoms with Crippen molar-refractivity contribution in [3.63, 3.8) is 0 Å². The first-order chi connectivity index (χ1) is 9.66. The molecule has 20 heavy (non-hydrogen) atoms. The van der Waals surface area contributed by atoms with Crippen molar-refractivity contribution in [3.05, 3.63) is 53.9 Å². The van der Waals surface area contributed by atoms with E-state index in [1.54, 1.807) is 6.20 Å². The molecule has 0 aliphatic heterocycles. The SMILES string of the molecule is CN(C)CC[C@H](NC(=O)c1cn[nH]c1)c1ccccc1. The van der Waals surface area contributed by atoms with Gasteiger partial charge in [-0.2, -0.15) is 5.10 Å². The smallest absolute Gasteiger partial charge is 0.254 e. The van der Waals surface area contributed by atoms with Gasteiger partial charge in [0.25, 0.3) is 5.91 Å². The molecule has 0 radical (unpaired) electrons. The Kier molecular flexibility index (Phi) is 4.90. The molecule has 5 heteroatoms. The number of benzene rings is 1. The van der Waals surface area contributed by atoms with Crippen molar-refractivity contribution in [1.82, 2.24) is 20.4 Å². The van der Waals surface area contributed by atoms with E-state index in [9.17, 15) is 4.79 Å². The van der Waals surface area contributed by atoms with Crippen LogP contribution in [0.3, 0.4) is 0 Å². The first-order valence-electron chi connectivity index (χ1n) is 6.66. The fourth-order valence-corrected chi connectivity index (χ4v) is 2.01. The molecule has 0 saturated carbocycles. The molecule has 0 aliphatic rings. The normalized spacial score (nSPS) is 12.3. The van der Waals surface area contributed by atoms with Crippen LogP contribution in [0.1, 0.15) is 28.4 Å². The third-order valence-electron chi connectivity index (χ3n) is 3.13. The number of rotatable bonds is 6. The van der Waals surface area contributed by atoms with Crippen molar-refractivity contribution in [1.29, 1.82) is 0 Å². The van der Waals surface area contributed by atoms with Crippen LogP contribution < -0.4 is 5.32 Å². The summed E-state index contributed by atoms with van der Waals surface area (Å²) in [5.41, 5.74) is 1.67. The average Bonchev–Trinajstić information content (AvgIpc) is 2.98. The predicted octanol–water partition coefficient (Wildman–Crippen LogP) is 1.83. The van der Waals surface area contributed by atoms with E-state index >= 15 is 0 Å². The Labute approximate surface area is 119 Å². The molecule has 2 rings (SSSR count). The molecular weight excluding hydrogens is 252 g/mol. The second-order valence-corrected chi connectivity index (χ2v) is 5.02. The lowest BCUT2D eigenvalue weighted by atomic mass is 10.0. The minimum absolute atomic E-state index is 0.000926. The molecule has 0 spiro atoms. The van der Waals surface area contributed by atoms with Crippen LogP contribution in [0.2, 0.25) is 0 Å². The van der Waals surface area contributed by atoms with E-state index in [2.05, 4.69) is 20.4 Å². The maximum Gasteiger partial charge on any atom is 0.254 e.